The number of carboxylic acid groups (broad SMARTS) is 1. The lowest BCUT2D eigenvalue weighted by Crippen LogP contribution is -2.42. The molecule has 7 heteroatoms. The molecule has 0 aliphatic rings. The molecule has 1 atom stereocenters. The van der Waals surface area contributed by atoms with Gasteiger partial charge >= 0.3 is 5.97 Å². The fourth-order valence-electron chi connectivity index (χ4n) is 3.11. The number of pyridine rings is 1. The zero-order valence-corrected chi connectivity index (χ0v) is 18.5. The van der Waals surface area contributed by atoms with Crippen molar-refractivity contribution >= 4 is 17.4 Å². The number of hydrogen-bond acceptors (Lipinski definition) is 5. The van der Waals surface area contributed by atoms with Crippen molar-refractivity contribution in [1.82, 2.24) is 9.88 Å². The molecule has 1 aromatic heterocycles. The van der Waals surface area contributed by atoms with Gasteiger partial charge in [0.05, 0.1) is 5.69 Å². The standard InChI is InChI=1S/C23H31N3O4/c1-14(2)21(23(28)29)24-9-10-30-19-8-7-15(3)20(12-19)25-17(5)18-11-16(4)22(27)26(6)13-18/h7-8,11-14,21,24H,9-10H2,1-6H3,(H,28,29). The number of aryl methyl sites for hydroxylation is 3. The van der Waals surface area contributed by atoms with E-state index >= 15 is 0 Å². The van der Waals surface area contributed by atoms with E-state index in [-0.39, 0.29) is 11.5 Å². The number of nitrogens with zero attached hydrogens (tertiary/aromatic N) is 2. The summed E-state index contributed by atoms with van der Waals surface area (Å²) in [7, 11) is 1.73. The summed E-state index contributed by atoms with van der Waals surface area (Å²) >= 11 is 0. The van der Waals surface area contributed by atoms with E-state index in [9.17, 15) is 14.7 Å². The summed E-state index contributed by atoms with van der Waals surface area (Å²) in [6, 6.07) is 6.92. The van der Waals surface area contributed by atoms with Crippen molar-refractivity contribution in [3.63, 3.8) is 0 Å². The van der Waals surface area contributed by atoms with Crippen LogP contribution in [0, 0.1) is 19.8 Å². The number of carboxylic acids is 1. The molecule has 0 aliphatic heterocycles. The van der Waals surface area contributed by atoms with Gasteiger partial charge in [0.25, 0.3) is 5.56 Å². The van der Waals surface area contributed by atoms with Crippen molar-refractivity contribution in [3.05, 3.63) is 57.5 Å². The highest BCUT2D eigenvalue weighted by atomic mass is 16.5. The zero-order valence-electron chi connectivity index (χ0n) is 18.5. The molecule has 0 aliphatic carbocycles. The molecule has 162 valence electrons. The minimum atomic E-state index is -0.860. The number of ether oxygens (including phenoxy) is 1. The predicted molar refractivity (Wildman–Crippen MR) is 119 cm³/mol. The quantitative estimate of drug-likeness (QED) is 0.486. The maximum Gasteiger partial charge on any atom is 0.320 e. The molecule has 0 saturated carbocycles. The first kappa shape index (κ1) is 23.3. The monoisotopic (exact) mass is 413 g/mol. The molecule has 0 fully saturated rings. The fraction of sp³-hybridized carbons (Fsp3) is 0.435. The van der Waals surface area contributed by atoms with Gasteiger partial charge in [-0.05, 0) is 44.4 Å². The third-order valence-corrected chi connectivity index (χ3v) is 4.92. The summed E-state index contributed by atoms with van der Waals surface area (Å²) < 4.78 is 7.34. The van der Waals surface area contributed by atoms with E-state index in [1.165, 1.54) is 0 Å². The molecule has 0 bridgehead atoms. The third-order valence-electron chi connectivity index (χ3n) is 4.92. The molecule has 30 heavy (non-hydrogen) atoms. The van der Waals surface area contributed by atoms with Crippen molar-refractivity contribution in [2.75, 3.05) is 13.2 Å². The van der Waals surface area contributed by atoms with Crippen LogP contribution in [0.1, 0.15) is 37.5 Å². The lowest BCUT2D eigenvalue weighted by Gasteiger charge is -2.18. The van der Waals surface area contributed by atoms with E-state index < -0.39 is 12.0 Å². The van der Waals surface area contributed by atoms with E-state index in [2.05, 4.69) is 5.32 Å². The summed E-state index contributed by atoms with van der Waals surface area (Å²) in [5, 5.41) is 12.2. The molecule has 2 aromatic rings. The Morgan fingerprint density at radius 2 is 1.93 bits per heavy atom. The SMILES string of the molecule is CC(=Nc1cc(OCCNC(C(=O)O)C(C)C)ccc1C)c1cc(C)c(=O)n(C)c1. The number of nitrogens with one attached hydrogen (secondary N) is 1. The van der Waals surface area contributed by atoms with E-state index in [1.54, 1.807) is 24.7 Å². The summed E-state index contributed by atoms with van der Waals surface area (Å²) in [6.07, 6.45) is 1.78. The molecule has 2 rings (SSSR count). The minimum Gasteiger partial charge on any atom is -0.492 e. The van der Waals surface area contributed by atoms with Gasteiger partial charge in [-0.25, -0.2) is 0 Å². The van der Waals surface area contributed by atoms with E-state index in [1.807, 2.05) is 52.0 Å². The average molecular weight is 414 g/mol. The predicted octanol–water partition coefficient (Wildman–Crippen LogP) is 3.22. The second-order valence-electron chi connectivity index (χ2n) is 7.84. The van der Waals surface area contributed by atoms with Gasteiger partial charge in [0.15, 0.2) is 0 Å². The number of aromatic nitrogens is 1. The number of benzene rings is 1. The summed E-state index contributed by atoms with van der Waals surface area (Å²) in [6.45, 7) is 10.2. The molecule has 0 spiro atoms. The zero-order chi connectivity index (χ0) is 22.4. The number of aliphatic carboxylic acids is 1. The Labute approximate surface area is 177 Å². The maximum atomic E-state index is 11.9. The molecule has 2 N–H and O–H groups in total. The van der Waals surface area contributed by atoms with Gasteiger partial charge in [0, 0.05) is 42.7 Å². The van der Waals surface area contributed by atoms with Gasteiger partial charge in [-0.1, -0.05) is 19.9 Å². The third kappa shape index (κ3) is 6.03. The van der Waals surface area contributed by atoms with Crippen molar-refractivity contribution in [2.24, 2.45) is 18.0 Å². The molecule has 0 radical (unpaired) electrons. The Bertz CT molecular complexity index is 966. The van der Waals surface area contributed by atoms with Gasteiger partial charge in [0.1, 0.15) is 18.4 Å². The van der Waals surface area contributed by atoms with Crippen LogP contribution in [0.3, 0.4) is 0 Å². The van der Waals surface area contributed by atoms with Crippen molar-refractivity contribution < 1.29 is 14.6 Å². The van der Waals surface area contributed by atoms with E-state index in [4.69, 9.17) is 9.73 Å². The average Bonchev–Trinajstić information content (AvgIpc) is 2.67. The van der Waals surface area contributed by atoms with E-state index in [0.717, 1.165) is 22.5 Å². The van der Waals surface area contributed by atoms with Crippen LogP contribution in [-0.2, 0) is 11.8 Å². The molecular weight excluding hydrogens is 382 g/mol. The highest BCUT2D eigenvalue weighted by Gasteiger charge is 2.20. The van der Waals surface area contributed by atoms with Crippen molar-refractivity contribution in [3.8, 4) is 5.75 Å². The first-order chi connectivity index (χ1) is 14.1. The highest BCUT2D eigenvalue weighted by Crippen LogP contribution is 2.25. The number of hydrogen-bond donors (Lipinski definition) is 2. The van der Waals surface area contributed by atoms with Crippen LogP contribution in [0.2, 0.25) is 0 Å². The van der Waals surface area contributed by atoms with Crippen LogP contribution in [0.4, 0.5) is 5.69 Å². The normalized spacial score (nSPS) is 12.8. The van der Waals surface area contributed by atoms with Gasteiger partial charge in [-0.15, -0.1) is 0 Å². The first-order valence-corrected chi connectivity index (χ1v) is 10.0. The molecule has 0 saturated heterocycles. The van der Waals surface area contributed by atoms with Crippen molar-refractivity contribution in [2.45, 2.75) is 40.7 Å². The fourth-order valence-corrected chi connectivity index (χ4v) is 3.11. The highest BCUT2D eigenvalue weighted by molar-refractivity contribution is 6.00. The maximum absolute atomic E-state index is 11.9. The van der Waals surface area contributed by atoms with Crippen LogP contribution >= 0.6 is 0 Å². The number of aliphatic imine (C=N–C) groups is 1. The van der Waals surface area contributed by atoms with Gasteiger partial charge < -0.3 is 19.7 Å². The van der Waals surface area contributed by atoms with Gasteiger partial charge in [-0.2, -0.15) is 0 Å². The van der Waals surface area contributed by atoms with Crippen LogP contribution in [0.15, 0.2) is 40.2 Å². The topological polar surface area (TPSA) is 92.9 Å². The largest absolute Gasteiger partial charge is 0.492 e. The number of carbonyl (C=O) groups is 1. The Morgan fingerprint density at radius 3 is 2.53 bits per heavy atom. The molecule has 0 amide bonds. The molecule has 1 aromatic carbocycles. The second-order valence-corrected chi connectivity index (χ2v) is 7.84. The second kappa shape index (κ2) is 10.2. The van der Waals surface area contributed by atoms with Crippen LogP contribution in [0.5, 0.6) is 5.75 Å². The number of rotatable bonds is 9. The Kier molecular flexibility index (Phi) is 7.94. The summed E-state index contributed by atoms with van der Waals surface area (Å²) in [5.41, 5.74) is 4.14. The molecule has 7 nitrogen and oxygen atoms in total. The van der Waals surface area contributed by atoms with Crippen LogP contribution < -0.4 is 15.6 Å². The molecule has 1 heterocycles. The minimum absolute atomic E-state index is 0.00749. The smallest absolute Gasteiger partial charge is 0.320 e. The Morgan fingerprint density at radius 1 is 1.23 bits per heavy atom. The van der Waals surface area contributed by atoms with Crippen molar-refractivity contribution in [1.29, 1.82) is 0 Å². The summed E-state index contributed by atoms with van der Waals surface area (Å²) in [4.78, 5) is 27.9. The van der Waals surface area contributed by atoms with Gasteiger partial charge in [-0.3, -0.25) is 14.6 Å². The Hall–Kier alpha value is -2.93. The van der Waals surface area contributed by atoms with Gasteiger partial charge in [0.2, 0.25) is 0 Å². The lowest BCUT2D eigenvalue weighted by molar-refractivity contribution is -0.140. The summed E-state index contributed by atoms with van der Waals surface area (Å²) in [5.74, 6) is -0.199. The molecular formula is C23H31N3O4. The first-order valence-electron chi connectivity index (χ1n) is 10.0. The lowest BCUT2D eigenvalue weighted by atomic mass is 10.1. The molecule has 1 unspecified atom stereocenters. The van der Waals surface area contributed by atoms with Crippen LogP contribution in [-0.4, -0.2) is 40.5 Å². The Balaban J connectivity index is 2.10. The van der Waals surface area contributed by atoms with Crippen LogP contribution in [0.25, 0.3) is 0 Å². The van der Waals surface area contributed by atoms with E-state index in [0.29, 0.717) is 24.5 Å².